The first-order valence-electron chi connectivity index (χ1n) is 13.6. The van der Waals surface area contributed by atoms with Crippen LogP contribution in [0.25, 0.3) is 0 Å². The van der Waals surface area contributed by atoms with Gasteiger partial charge in [-0.15, -0.1) is 0 Å². The van der Waals surface area contributed by atoms with Crippen molar-refractivity contribution in [2.24, 2.45) is 5.92 Å². The highest BCUT2D eigenvalue weighted by Gasteiger charge is 2.59. The van der Waals surface area contributed by atoms with Crippen molar-refractivity contribution in [1.82, 2.24) is 14.7 Å². The van der Waals surface area contributed by atoms with E-state index in [-0.39, 0.29) is 43.1 Å². The maximum Gasteiger partial charge on any atom is 0.333 e. The van der Waals surface area contributed by atoms with Gasteiger partial charge >= 0.3 is 5.92 Å². The van der Waals surface area contributed by atoms with Gasteiger partial charge in [0.2, 0.25) is 5.91 Å². The fourth-order valence-electron chi connectivity index (χ4n) is 5.81. The van der Waals surface area contributed by atoms with Gasteiger partial charge in [-0.25, -0.2) is 0 Å². The summed E-state index contributed by atoms with van der Waals surface area (Å²) in [6.45, 7) is 1.93. The van der Waals surface area contributed by atoms with Gasteiger partial charge in [-0.1, -0.05) is 48.5 Å². The van der Waals surface area contributed by atoms with E-state index in [4.69, 9.17) is 4.74 Å². The summed E-state index contributed by atoms with van der Waals surface area (Å²) in [7, 11) is 3.30. The molecule has 2 saturated heterocycles. The van der Waals surface area contributed by atoms with Crippen molar-refractivity contribution in [3.05, 3.63) is 89.1 Å². The Labute approximate surface area is 233 Å². The first-order chi connectivity index (χ1) is 19.2. The van der Waals surface area contributed by atoms with Gasteiger partial charge < -0.3 is 19.6 Å². The summed E-state index contributed by atoms with van der Waals surface area (Å²) in [5.41, 5.74) is 2.57. The van der Waals surface area contributed by atoms with E-state index in [9.17, 15) is 23.5 Å². The summed E-state index contributed by atoms with van der Waals surface area (Å²) in [6, 6.07) is 16.5. The number of allylic oxidation sites excluding steroid dienone is 3. The molecule has 2 amide bonds. The van der Waals surface area contributed by atoms with E-state index < -0.39 is 17.7 Å². The normalized spacial score (nSPS) is 22.9. The Kier molecular flexibility index (Phi) is 8.05. The topological polar surface area (TPSA) is 73.3 Å². The lowest BCUT2D eigenvalue weighted by Gasteiger charge is -2.32. The lowest BCUT2D eigenvalue weighted by Crippen LogP contribution is -2.39. The molecule has 40 heavy (non-hydrogen) atoms. The number of likely N-dealkylation sites (N-methyl/N-ethyl adjacent to an activating group) is 1. The fourth-order valence-corrected chi connectivity index (χ4v) is 5.81. The van der Waals surface area contributed by atoms with Gasteiger partial charge in [-0.05, 0) is 47.8 Å². The average molecular weight is 552 g/mol. The first-order valence-corrected chi connectivity index (χ1v) is 13.6. The van der Waals surface area contributed by atoms with E-state index in [2.05, 4.69) is 4.90 Å². The van der Waals surface area contributed by atoms with Crippen molar-refractivity contribution in [1.29, 1.82) is 0 Å². The number of carbonyl (C=O) groups is 2. The van der Waals surface area contributed by atoms with Gasteiger partial charge in [0.25, 0.3) is 5.91 Å². The molecule has 2 aromatic rings. The molecule has 0 radical (unpaired) electrons. The molecule has 0 aromatic heterocycles. The van der Waals surface area contributed by atoms with Crippen LogP contribution in [0.1, 0.15) is 36.4 Å². The highest BCUT2D eigenvalue weighted by atomic mass is 19.3. The Hall–Kier alpha value is -3.56. The number of methoxy groups -OCH3 is 1. The van der Waals surface area contributed by atoms with E-state index in [1.807, 2.05) is 30.3 Å². The zero-order valence-corrected chi connectivity index (χ0v) is 22.8. The molecule has 5 rings (SSSR count). The molecule has 9 heteroatoms. The van der Waals surface area contributed by atoms with Crippen LogP contribution in [-0.4, -0.2) is 77.4 Å². The smallest absolute Gasteiger partial charge is 0.333 e. The lowest BCUT2D eigenvalue weighted by atomic mass is 9.89. The number of amides is 2. The van der Waals surface area contributed by atoms with Crippen LogP contribution < -0.4 is 4.74 Å². The molecule has 3 atom stereocenters. The second-order valence-corrected chi connectivity index (χ2v) is 10.8. The molecule has 0 saturated carbocycles. The number of carbonyl (C=O) groups excluding carboxylic acids is 2. The predicted octanol–water partition coefficient (Wildman–Crippen LogP) is 4.16. The van der Waals surface area contributed by atoms with Crippen molar-refractivity contribution < 1.29 is 28.2 Å². The van der Waals surface area contributed by atoms with Crippen LogP contribution >= 0.6 is 0 Å². The number of likely N-dealkylation sites (tertiary alicyclic amines) is 2. The first kappa shape index (κ1) is 28.0. The number of nitrogens with zero attached hydrogens (tertiary/aromatic N) is 3. The maximum absolute atomic E-state index is 15.0. The summed E-state index contributed by atoms with van der Waals surface area (Å²) >= 11 is 0. The van der Waals surface area contributed by atoms with Crippen molar-refractivity contribution in [3.8, 4) is 5.75 Å². The highest BCUT2D eigenvalue weighted by molar-refractivity contribution is 5.90. The number of aliphatic hydroxyl groups excluding tert-OH is 1. The number of β-amino-alcohol motifs (C(OH)–C–C–N with tert-alkyl or cyclic N) is 1. The molecule has 7 nitrogen and oxygen atoms in total. The van der Waals surface area contributed by atoms with E-state index in [1.165, 1.54) is 0 Å². The summed E-state index contributed by atoms with van der Waals surface area (Å²) < 4.78 is 35.2. The third-order valence-electron chi connectivity index (χ3n) is 8.16. The number of aliphatic hydroxyl groups is 1. The number of fused-ring (bicyclic) bond motifs is 1. The molecule has 1 N–H and O–H groups in total. The number of ether oxygens (including phenoxy) is 1. The standard InChI is InChI=1S/C31H35F2N3O4/c1-34(28(23-6-4-3-5-7-23)20-35-15-14-24(37)19-35)29(38)17-22-10-13-26-27(16-22)36(30(39)31(26,32)33)18-21-8-11-25(40-2)12-9-21/h3-12,16,24,26,28,37H,13-15,17-20H2,1-2H3/t24-,26?,28+/m0/s1. The second-order valence-electron chi connectivity index (χ2n) is 10.8. The molecule has 2 fully saturated rings. The largest absolute Gasteiger partial charge is 0.497 e. The van der Waals surface area contributed by atoms with Crippen LogP contribution in [0.15, 0.2) is 78.0 Å². The molecular formula is C31H35F2N3O4. The third-order valence-corrected chi connectivity index (χ3v) is 8.16. The van der Waals surface area contributed by atoms with Gasteiger partial charge in [-0.2, -0.15) is 8.78 Å². The van der Waals surface area contributed by atoms with E-state index in [1.54, 1.807) is 55.5 Å². The lowest BCUT2D eigenvalue weighted by molar-refractivity contribution is -0.151. The van der Waals surface area contributed by atoms with Crippen LogP contribution in [0.5, 0.6) is 5.75 Å². The number of halogens is 2. The van der Waals surface area contributed by atoms with E-state index in [0.717, 1.165) is 17.0 Å². The predicted molar refractivity (Wildman–Crippen MR) is 146 cm³/mol. The minimum atomic E-state index is -3.50. The van der Waals surface area contributed by atoms with Crippen molar-refractivity contribution >= 4 is 11.8 Å². The molecule has 2 aromatic carbocycles. The number of rotatable bonds is 9. The molecule has 3 aliphatic rings. The number of benzene rings is 2. The summed E-state index contributed by atoms with van der Waals surface area (Å²) in [5.74, 6) is -5.46. The van der Waals surface area contributed by atoms with Gasteiger partial charge in [0, 0.05) is 32.4 Å². The molecular weight excluding hydrogens is 516 g/mol. The Morgan fingerprint density at radius 2 is 1.90 bits per heavy atom. The van der Waals surface area contributed by atoms with Crippen LogP contribution in [0, 0.1) is 5.92 Å². The molecule has 212 valence electrons. The quantitative estimate of drug-likeness (QED) is 0.507. The van der Waals surface area contributed by atoms with Crippen molar-refractivity contribution in [3.63, 3.8) is 0 Å². The monoisotopic (exact) mass is 551 g/mol. The van der Waals surface area contributed by atoms with Crippen molar-refractivity contribution in [2.75, 3.05) is 33.8 Å². The highest BCUT2D eigenvalue weighted by Crippen LogP contribution is 2.47. The van der Waals surface area contributed by atoms with Crippen LogP contribution in [0.3, 0.4) is 0 Å². The Bertz CT molecular complexity index is 1300. The molecule has 0 spiro atoms. The van der Waals surface area contributed by atoms with Crippen LogP contribution in [-0.2, 0) is 16.1 Å². The number of alkyl halides is 2. The maximum atomic E-state index is 15.0. The minimum Gasteiger partial charge on any atom is -0.497 e. The Morgan fingerprint density at radius 1 is 1.18 bits per heavy atom. The minimum absolute atomic E-state index is 0.0101. The van der Waals surface area contributed by atoms with Crippen LogP contribution in [0.2, 0.25) is 0 Å². The SMILES string of the molecule is COc1ccc(CN2C(=O)C(F)(F)C3CC=C(CC(=O)N(C)[C@H](CN4CC[C@H](O)C4)c4ccccc4)C=C32)cc1. The van der Waals surface area contributed by atoms with Crippen molar-refractivity contribution in [2.45, 2.75) is 43.9 Å². The Balaban J connectivity index is 1.33. The summed E-state index contributed by atoms with van der Waals surface area (Å²) in [5, 5.41) is 9.99. The molecule has 0 bridgehead atoms. The third kappa shape index (κ3) is 5.67. The number of hydrogen-bond donors (Lipinski definition) is 1. The number of hydrogen-bond acceptors (Lipinski definition) is 5. The summed E-state index contributed by atoms with van der Waals surface area (Å²) in [6.07, 6.45) is 3.62. The second kappa shape index (κ2) is 11.5. The van der Waals surface area contributed by atoms with Gasteiger partial charge in [-0.3, -0.25) is 14.5 Å². The summed E-state index contributed by atoms with van der Waals surface area (Å²) in [4.78, 5) is 31.3. The average Bonchev–Trinajstić information content (AvgIpc) is 3.45. The van der Waals surface area contributed by atoms with Gasteiger partial charge in [0.05, 0.1) is 38.1 Å². The zero-order valence-electron chi connectivity index (χ0n) is 22.8. The fraction of sp³-hybridized carbons (Fsp3) is 0.419. The molecule has 2 heterocycles. The van der Waals surface area contributed by atoms with Gasteiger partial charge in [0.15, 0.2) is 0 Å². The molecule has 2 aliphatic heterocycles. The zero-order chi connectivity index (χ0) is 28.4. The van der Waals surface area contributed by atoms with Crippen LogP contribution in [0.4, 0.5) is 8.78 Å². The molecule has 1 aliphatic carbocycles. The van der Waals surface area contributed by atoms with E-state index >= 15 is 0 Å². The Morgan fingerprint density at radius 3 is 2.55 bits per heavy atom. The molecule has 1 unspecified atom stereocenters. The van der Waals surface area contributed by atoms with E-state index in [0.29, 0.717) is 36.4 Å². The van der Waals surface area contributed by atoms with Gasteiger partial charge in [0.1, 0.15) is 5.75 Å².